The highest BCUT2D eigenvalue weighted by Gasteiger charge is 2.31. The van der Waals surface area contributed by atoms with Crippen LogP contribution in [-0.4, -0.2) is 40.2 Å². The fourth-order valence-electron chi connectivity index (χ4n) is 3.93. The number of pyridine rings is 2. The fraction of sp³-hybridized carbons (Fsp3) is 0.348. The van der Waals surface area contributed by atoms with Gasteiger partial charge in [0.25, 0.3) is 5.91 Å². The first-order valence-corrected chi connectivity index (χ1v) is 10.4. The number of rotatable bonds is 4. The number of alkyl halides is 3. The number of aryl methyl sites for hydroxylation is 1. The molecule has 4 rings (SSSR count). The van der Waals surface area contributed by atoms with Crippen LogP contribution >= 0.6 is 12.4 Å². The lowest BCUT2D eigenvalue weighted by Crippen LogP contribution is -2.39. The zero-order valence-corrected chi connectivity index (χ0v) is 19.0. The summed E-state index contributed by atoms with van der Waals surface area (Å²) in [5.41, 5.74) is 2.36. The number of fused-ring (bicyclic) bond motifs is 1. The molecular weight excluding hydrogens is 457 g/mol. The average molecular weight is 481 g/mol. The summed E-state index contributed by atoms with van der Waals surface area (Å²) in [6.45, 7) is 5.25. The number of aromatic nitrogens is 2. The van der Waals surface area contributed by atoms with Gasteiger partial charge in [-0.1, -0.05) is 13.0 Å². The monoisotopic (exact) mass is 480 g/mol. The van der Waals surface area contributed by atoms with Crippen LogP contribution in [0, 0.1) is 12.8 Å². The molecule has 1 N–H and O–H groups in total. The molecule has 1 fully saturated rings. The van der Waals surface area contributed by atoms with Gasteiger partial charge >= 0.3 is 6.36 Å². The van der Waals surface area contributed by atoms with Crippen LogP contribution in [0.2, 0.25) is 0 Å². The van der Waals surface area contributed by atoms with Crippen molar-refractivity contribution in [3.05, 3.63) is 53.9 Å². The summed E-state index contributed by atoms with van der Waals surface area (Å²) in [5, 5.41) is 3.72. The summed E-state index contributed by atoms with van der Waals surface area (Å²) in [7, 11) is 0. The van der Waals surface area contributed by atoms with E-state index >= 15 is 0 Å². The van der Waals surface area contributed by atoms with Gasteiger partial charge in [0.2, 0.25) is 0 Å². The molecule has 1 amide bonds. The topological polar surface area (TPSA) is 67.3 Å². The van der Waals surface area contributed by atoms with Gasteiger partial charge in [0.05, 0.1) is 11.3 Å². The van der Waals surface area contributed by atoms with Crippen molar-refractivity contribution in [3.63, 3.8) is 0 Å². The molecule has 176 valence electrons. The van der Waals surface area contributed by atoms with E-state index in [-0.39, 0.29) is 24.1 Å². The van der Waals surface area contributed by atoms with Gasteiger partial charge in [0.15, 0.2) is 5.65 Å². The number of anilines is 2. The van der Waals surface area contributed by atoms with Crippen LogP contribution in [0.5, 0.6) is 5.75 Å². The summed E-state index contributed by atoms with van der Waals surface area (Å²) in [6.07, 6.45) is -1.32. The standard InChI is InChI=1S/C23H23F3N4O2.ClH/c1-14-5-4-10-30(13-14)22(31)19-12-27-21-18(9-8-15(2)28-21)20(19)29-16-6-3-7-17(11-16)32-23(24,25)26;/h3,6-9,11-12,14H,4-5,10,13H2,1-2H3,(H,27,28,29);1H. The van der Waals surface area contributed by atoms with Gasteiger partial charge in [-0.05, 0) is 49.9 Å². The van der Waals surface area contributed by atoms with Crippen molar-refractivity contribution in [2.75, 3.05) is 18.4 Å². The van der Waals surface area contributed by atoms with Crippen LogP contribution < -0.4 is 10.1 Å². The van der Waals surface area contributed by atoms with Crippen molar-refractivity contribution < 1.29 is 22.7 Å². The lowest BCUT2D eigenvalue weighted by Gasteiger charge is -2.31. The van der Waals surface area contributed by atoms with E-state index in [9.17, 15) is 18.0 Å². The average Bonchev–Trinajstić information content (AvgIpc) is 2.72. The summed E-state index contributed by atoms with van der Waals surface area (Å²) in [6, 6.07) is 9.11. The van der Waals surface area contributed by atoms with Crippen molar-refractivity contribution >= 4 is 40.7 Å². The third kappa shape index (κ3) is 5.84. The van der Waals surface area contributed by atoms with Crippen LogP contribution in [0.15, 0.2) is 42.6 Å². The second kappa shape index (κ2) is 9.82. The van der Waals surface area contributed by atoms with Gasteiger partial charge in [0.1, 0.15) is 5.75 Å². The number of hydrogen-bond donors (Lipinski definition) is 1. The number of nitrogens with zero attached hydrogens (tertiary/aromatic N) is 3. The molecule has 1 aliphatic heterocycles. The van der Waals surface area contributed by atoms with E-state index in [1.807, 2.05) is 6.92 Å². The van der Waals surface area contributed by atoms with E-state index in [2.05, 4.69) is 26.9 Å². The maximum Gasteiger partial charge on any atom is 0.573 e. The number of carbonyl (C=O) groups excluding carboxylic acids is 1. The first-order valence-electron chi connectivity index (χ1n) is 10.4. The van der Waals surface area contributed by atoms with Crippen LogP contribution in [0.4, 0.5) is 24.5 Å². The lowest BCUT2D eigenvalue weighted by molar-refractivity contribution is -0.274. The highest BCUT2D eigenvalue weighted by atomic mass is 35.5. The van der Waals surface area contributed by atoms with E-state index in [4.69, 9.17) is 0 Å². The number of likely N-dealkylation sites (tertiary alicyclic amines) is 1. The summed E-state index contributed by atoms with van der Waals surface area (Å²) in [5.74, 6) is -0.123. The maximum atomic E-state index is 13.4. The number of ether oxygens (including phenoxy) is 1. The molecule has 0 aliphatic carbocycles. The Morgan fingerprint density at radius 2 is 2.03 bits per heavy atom. The molecule has 10 heteroatoms. The van der Waals surface area contributed by atoms with Gasteiger partial charge in [-0.2, -0.15) is 0 Å². The number of hydrogen-bond acceptors (Lipinski definition) is 5. The SMILES string of the molecule is Cc1ccc2c(Nc3cccc(OC(F)(F)F)c3)c(C(=O)N3CCCC(C)C3)cnc2n1.Cl. The number of halogens is 4. The number of piperidine rings is 1. The van der Waals surface area contributed by atoms with E-state index in [1.165, 1.54) is 24.4 Å². The minimum atomic E-state index is -4.80. The molecule has 1 unspecified atom stereocenters. The van der Waals surface area contributed by atoms with Crippen LogP contribution in [0.25, 0.3) is 11.0 Å². The molecule has 0 spiro atoms. The summed E-state index contributed by atoms with van der Waals surface area (Å²) >= 11 is 0. The first-order chi connectivity index (χ1) is 15.2. The quantitative estimate of drug-likeness (QED) is 0.505. The predicted molar refractivity (Wildman–Crippen MR) is 122 cm³/mol. The molecular formula is C23H24ClF3N4O2. The smallest absolute Gasteiger partial charge is 0.406 e. The molecule has 0 bridgehead atoms. The van der Waals surface area contributed by atoms with Crippen molar-refractivity contribution in [1.82, 2.24) is 14.9 Å². The number of nitrogens with one attached hydrogen (secondary N) is 1. The number of amides is 1. The largest absolute Gasteiger partial charge is 0.573 e. The van der Waals surface area contributed by atoms with Crippen LogP contribution in [0.1, 0.15) is 35.8 Å². The molecule has 1 aliphatic rings. The Morgan fingerprint density at radius 1 is 1.24 bits per heavy atom. The van der Waals surface area contributed by atoms with E-state index in [1.54, 1.807) is 23.1 Å². The number of benzene rings is 1. The minimum Gasteiger partial charge on any atom is -0.406 e. The Balaban J connectivity index is 0.00000306. The summed E-state index contributed by atoms with van der Waals surface area (Å²) < 4.78 is 42.0. The van der Waals surface area contributed by atoms with Gasteiger partial charge in [-0.15, -0.1) is 25.6 Å². The normalized spacial score (nSPS) is 16.3. The Kier molecular flexibility index (Phi) is 7.31. The third-order valence-corrected chi connectivity index (χ3v) is 5.38. The predicted octanol–water partition coefficient (Wildman–Crippen LogP) is 5.87. The highest BCUT2D eigenvalue weighted by molar-refractivity contribution is 6.07. The molecule has 0 radical (unpaired) electrons. The van der Waals surface area contributed by atoms with Crippen LogP contribution in [0.3, 0.4) is 0 Å². The third-order valence-electron chi connectivity index (χ3n) is 5.38. The molecule has 0 saturated carbocycles. The lowest BCUT2D eigenvalue weighted by atomic mass is 9.99. The molecule has 3 aromatic rings. The van der Waals surface area contributed by atoms with Crippen molar-refractivity contribution in [2.24, 2.45) is 5.92 Å². The number of carbonyl (C=O) groups is 1. The molecule has 1 saturated heterocycles. The van der Waals surface area contributed by atoms with Crippen molar-refractivity contribution in [2.45, 2.75) is 33.1 Å². The fourth-order valence-corrected chi connectivity index (χ4v) is 3.93. The van der Waals surface area contributed by atoms with Crippen LogP contribution in [-0.2, 0) is 0 Å². The molecule has 1 aromatic carbocycles. The highest BCUT2D eigenvalue weighted by Crippen LogP contribution is 2.32. The summed E-state index contributed by atoms with van der Waals surface area (Å²) in [4.78, 5) is 24.0. The zero-order chi connectivity index (χ0) is 22.9. The first kappa shape index (κ1) is 24.6. The molecule has 2 aromatic heterocycles. The molecule has 3 heterocycles. The second-order valence-electron chi connectivity index (χ2n) is 8.07. The van der Waals surface area contributed by atoms with E-state index < -0.39 is 6.36 Å². The zero-order valence-electron chi connectivity index (χ0n) is 18.1. The Hall–Kier alpha value is -3.07. The van der Waals surface area contributed by atoms with E-state index in [0.717, 1.165) is 18.5 Å². The maximum absolute atomic E-state index is 13.4. The van der Waals surface area contributed by atoms with E-state index in [0.29, 0.717) is 47.0 Å². The Morgan fingerprint density at radius 3 is 2.76 bits per heavy atom. The molecule has 1 atom stereocenters. The Labute approximate surface area is 195 Å². The second-order valence-corrected chi connectivity index (χ2v) is 8.07. The van der Waals surface area contributed by atoms with Gasteiger partial charge < -0.3 is 15.0 Å². The molecule has 33 heavy (non-hydrogen) atoms. The minimum absolute atomic E-state index is 0. The Bertz CT molecular complexity index is 1160. The molecule has 6 nitrogen and oxygen atoms in total. The van der Waals surface area contributed by atoms with Gasteiger partial charge in [0, 0.05) is 42.1 Å². The van der Waals surface area contributed by atoms with Crippen molar-refractivity contribution in [3.8, 4) is 5.75 Å². The van der Waals surface area contributed by atoms with Gasteiger partial charge in [-0.3, -0.25) is 4.79 Å². The van der Waals surface area contributed by atoms with Gasteiger partial charge in [-0.25, -0.2) is 9.97 Å². The van der Waals surface area contributed by atoms with Crippen molar-refractivity contribution in [1.29, 1.82) is 0 Å².